The first-order valence-corrected chi connectivity index (χ1v) is 10.8. The Labute approximate surface area is 218 Å². The van der Waals surface area contributed by atoms with Gasteiger partial charge in [-0.15, -0.1) is 0 Å². The predicted octanol–water partition coefficient (Wildman–Crippen LogP) is 5.10. The van der Waals surface area contributed by atoms with E-state index in [9.17, 15) is 50.3 Å². The van der Waals surface area contributed by atoms with E-state index in [0.717, 1.165) is 0 Å². The number of benzene rings is 3. The van der Waals surface area contributed by atoms with Crippen LogP contribution < -0.4 is 0 Å². The first kappa shape index (κ1) is 28.0. The monoisotopic (exact) mass is 566 g/mol. The summed E-state index contributed by atoms with van der Waals surface area (Å²) in [6.07, 6.45) is -12.0. The molecule has 3 aromatic carbocycles. The summed E-state index contributed by atoms with van der Waals surface area (Å²) in [5.41, 5.74) is -9.76. The summed E-state index contributed by atoms with van der Waals surface area (Å²) >= 11 is 0. The van der Waals surface area contributed by atoms with Gasteiger partial charge in [0.1, 0.15) is 0 Å². The van der Waals surface area contributed by atoms with Crippen molar-refractivity contribution in [2.45, 2.75) is 17.8 Å². The van der Waals surface area contributed by atoms with Crippen LogP contribution in [-0.2, 0) is 14.9 Å². The Morgan fingerprint density at radius 3 is 1.27 bits per heavy atom. The molecule has 0 unspecified atom stereocenters. The topological polar surface area (TPSA) is 124 Å². The average Bonchev–Trinajstić information content (AvgIpc) is 3.32. The maximum atomic E-state index is 14.2. The van der Waals surface area contributed by atoms with Crippen LogP contribution in [0.15, 0.2) is 66.7 Å². The quantitative estimate of drug-likeness (QED) is 0.264. The molecule has 8 nitrogen and oxygen atoms in total. The lowest BCUT2D eigenvalue weighted by molar-refractivity contribution is -0.288. The highest BCUT2D eigenvalue weighted by atomic mass is 19.4. The summed E-state index contributed by atoms with van der Waals surface area (Å²) in [6, 6.07) is 10.9. The van der Waals surface area contributed by atoms with Crippen LogP contribution in [0.1, 0.15) is 62.9 Å². The lowest BCUT2D eigenvalue weighted by Crippen LogP contribution is -2.55. The van der Waals surface area contributed by atoms with Crippen LogP contribution in [-0.4, -0.2) is 47.3 Å². The summed E-state index contributed by atoms with van der Waals surface area (Å²) in [5.74, 6) is -6.10. The molecule has 0 saturated carbocycles. The molecule has 0 fully saturated rings. The number of carbonyl (C=O) groups is 5. The van der Waals surface area contributed by atoms with Crippen LogP contribution in [0.2, 0.25) is 0 Å². The minimum absolute atomic E-state index is 0.278. The average molecular weight is 566 g/mol. The number of halogens is 6. The fourth-order valence-corrected chi connectivity index (χ4v) is 4.20. The molecule has 2 aliphatic rings. The Bertz CT molecular complexity index is 1480. The first-order valence-electron chi connectivity index (χ1n) is 10.8. The molecule has 5 rings (SSSR count). The largest absolute Gasteiger partial charge is 0.478 e. The molecular formula is C26H12F6O8. The molecule has 0 radical (unpaired) electrons. The van der Waals surface area contributed by atoms with Gasteiger partial charge in [-0.2, -0.15) is 26.3 Å². The SMILES string of the molecule is O=C(O)c1ccccc1.O=C1OC(=O)c2cc(C(c3ccc4c(c3)C(=O)OC4=O)(C(F)(F)F)C(F)(F)F)ccc21. The Morgan fingerprint density at radius 1 is 0.575 bits per heavy atom. The van der Waals surface area contributed by atoms with Crippen molar-refractivity contribution in [3.8, 4) is 0 Å². The molecule has 0 atom stereocenters. The third-order valence-corrected chi connectivity index (χ3v) is 6.03. The molecule has 14 heteroatoms. The van der Waals surface area contributed by atoms with Crippen molar-refractivity contribution < 1.29 is 64.9 Å². The number of fused-ring (bicyclic) bond motifs is 2. The lowest BCUT2D eigenvalue weighted by atomic mass is 9.71. The number of hydrogen-bond acceptors (Lipinski definition) is 7. The van der Waals surface area contributed by atoms with Gasteiger partial charge >= 0.3 is 42.2 Å². The fraction of sp³-hybridized carbons (Fsp3) is 0.115. The number of hydrogen-bond donors (Lipinski definition) is 1. The van der Waals surface area contributed by atoms with Crippen molar-refractivity contribution >= 4 is 29.8 Å². The number of cyclic esters (lactones) is 4. The zero-order valence-electron chi connectivity index (χ0n) is 19.4. The van der Waals surface area contributed by atoms with Crippen LogP contribution >= 0.6 is 0 Å². The van der Waals surface area contributed by atoms with Gasteiger partial charge in [0.15, 0.2) is 0 Å². The standard InChI is InChI=1S/C19H6F6O6.C7H6O2/c20-18(21,22)17(19(23,24)25,7-1-3-9-11(5-7)15(28)30-13(9)26)8-2-4-10-12(6-8)16(29)31-14(10)27;8-7(9)6-4-2-1-3-5-6/h1-6H;1-5H,(H,8,9). The molecule has 0 saturated heterocycles. The number of ether oxygens (including phenoxy) is 2. The van der Waals surface area contributed by atoms with Gasteiger partial charge in [-0.1, -0.05) is 30.3 Å². The molecule has 0 aliphatic carbocycles. The van der Waals surface area contributed by atoms with E-state index in [2.05, 4.69) is 9.47 Å². The zero-order chi connectivity index (χ0) is 29.6. The van der Waals surface area contributed by atoms with Gasteiger partial charge < -0.3 is 14.6 Å². The molecule has 2 aliphatic heterocycles. The van der Waals surface area contributed by atoms with Gasteiger partial charge in [-0.05, 0) is 47.5 Å². The molecule has 0 aromatic heterocycles. The fourth-order valence-electron chi connectivity index (χ4n) is 4.20. The first-order chi connectivity index (χ1) is 18.6. The van der Waals surface area contributed by atoms with Crippen LogP contribution in [0, 0.1) is 0 Å². The van der Waals surface area contributed by atoms with Crippen LogP contribution in [0.4, 0.5) is 26.3 Å². The van der Waals surface area contributed by atoms with Crippen LogP contribution in [0.5, 0.6) is 0 Å². The Kier molecular flexibility index (Phi) is 6.74. The Balaban J connectivity index is 0.000000350. The highest BCUT2D eigenvalue weighted by molar-refractivity contribution is 6.15. The summed E-state index contributed by atoms with van der Waals surface area (Å²) < 4.78 is 93.7. The molecular weight excluding hydrogens is 554 g/mol. The van der Waals surface area contributed by atoms with Crippen molar-refractivity contribution in [3.63, 3.8) is 0 Å². The second kappa shape index (κ2) is 9.63. The Hall–Kier alpha value is -5.01. The summed E-state index contributed by atoms with van der Waals surface area (Å²) in [7, 11) is 0. The van der Waals surface area contributed by atoms with Gasteiger partial charge in [0.2, 0.25) is 5.41 Å². The predicted molar refractivity (Wildman–Crippen MR) is 119 cm³/mol. The normalized spacial score (nSPS) is 14.6. The number of aromatic carboxylic acids is 1. The van der Waals surface area contributed by atoms with E-state index >= 15 is 0 Å². The molecule has 0 amide bonds. The summed E-state index contributed by atoms with van der Waals surface area (Å²) in [4.78, 5) is 56.7. The van der Waals surface area contributed by atoms with Crippen molar-refractivity contribution in [2.24, 2.45) is 0 Å². The van der Waals surface area contributed by atoms with E-state index < -0.39 is 81.0 Å². The number of carboxylic acid groups (broad SMARTS) is 1. The highest BCUT2D eigenvalue weighted by Crippen LogP contribution is 2.56. The second-order valence-electron chi connectivity index (χ2n) is 8.29. The van der Waals surface area contributed by atoms with E-state index in [-0.39, 0.29) is 12.1 Å². The third kappa shape index (κ3) is 4.46. The van der Waals surface area contributed by atoms with E-state index in [1.54, 1.807) is 30.3 Å². The van der Waals surface area contributed by atoms with Crippen LogP contribution in [0.3, 0.4) is 0 Å². The van der Waals surface area contributed by atoms with Gasteiger partial charge in [0.05, 0.1) is 27.8 Å². The van der Waals surface area contributed by atoms with Gasteiger partial charge in [-0.25, -0.2) is 24.0 Å². The maximum absolute atomic E-state index is 14.2. The van der Waals surface area contributed by atoms with Crippen molar-refractivity contribution in [1.82, 2.24) is 0 Å². The van der Waals surface area contributed by atoms with Crippen molar-refractivity contribution in [2.75, 3.05) is 0 Å². The van der Waals surface area contributed by atoms with Gasteiger partial charge in [0.25, 0.3) is 0 Å². The Morgan fingerprint density at radius 2 is 0.950 bits per heavy atom. The van der Waals surface area contributed by atoms with E-state index in [0.29, 0.717) is 29.8 Å². The minimum atomic E-state index is -6.02. The lowest BCUT2D eigenvalue weighted by Gasteiger charge is -2.38. The third-order valence-electron chi connectivity index (χ3n) is 6.03. The molecule has 0 bridgehead atoms. The highest BCUT2D eigenvalue weighted by Gasteiger charge is 2.73. The van der Waals surface area contributed by atoms with E-state index in [1.807, 2.05) is 0 Å². The molecule has 1 N–H and O–H groups in total. The molecule has 0 spiro atoms. The maximum Gasteiger partial charge on any atom is 0.411 e. The summed E-state index contributed by atoms with van der Waals surface area (Å²) in [6.45, 7) is 0. The smallest absolute Gasteiger partial charge is 0.411 e. The van der Waals surface area contributed by atoms with Crippen LogP contribution in [0.25, 0.3) is 0 Å². The number of esters is 4. The zero-order valence-corrected chi connectivity index (χ0v) is 19.4. The molecule has 3 aromatic rings. The van der Waals surface area contributed by atoms with Gasteiger partial charge in [-0.3, -0.25) is 0 Å². The molecule has 2 heterocycles. The molecule has 206 valence electrons. The van der Waals surface area contributed by atoms with Gasteiger partial charge in [0, 0.05) is 0 Å². The number of alkyl halides is 6. The minimum Gasteiger partial charge on any atom is -0.478 e. The molecule has 40 heavy (non-hydrogen) atoms. The van der Waals surface area contributed by atoms with E-state index in [1.165, 1.54) is 0 Å². The number of carboxylic acids is 1. The van der Waals surface area contributed by atoms with E-state index in [4.69, 9.17) is 5.11 Å². The van der Waals surface area contributed by atoms with Crippen molar-refractivity contribution in [3.05, 3.63) is 106 Å². The van der Waals surface area contributed by atoms with Crippen molar-refractivity contribution in [1.29, 1.82) is 0 Å². The summed E-state index contributed by atoms with van der Waals surface area (Å²) in [5, 5.41) is 8.38. The number of rotatable bonds is 3. The second-order valence-corrected chi connectivity index (χ2v) is 8.29. The number of carbonyl (C=O) groups excluding carboxylic acids is 4.